The number of nitrogens with one attached hydrogen (secondary N) is 1. The second-order valence-electron chi connectivity index (χ2n) is 10.7. The molecule has 1 N–H and O–H groups in total. The number of rotatable bonds is 11. The molecule has 0 bridgehead atoms. The minimum absolute atomic E-state index is 0.0900. The number of hydrogen-bond acceptors (Lipinski definition) is 12. The smallest absolute Gasteiger partial charge is 0.282 e. The lowest BCUT2D eigenvalue weighted by atomic mass is 10.0. The van der Waals surface area contributed by atoms with Crippen molar-refractivity contribution < 1.29 is 17.9 Å². The molecule has 3 atom stereocenters. The number of benzene rings is 1. The van der Waals surface area contributed by atoms with Gasteiger partial charge < -0.3 is 14.8 Å². The highest BCUT2D eigenvalue weighted by molar-refractivity contribution is 7.92. The van der Waals surface area contributed by atoms with Gasteiger partial charge in [0.1, 0.15) is 21.8 Å². The van der Waals surface area contributed by atoms with Gasteiger partial charge in [0, 0.05) is 26.2 Å². The van der Waals surface area contributed by atoms with Crippen LogP contribution in [0.15, 0.2) is 34.6 Å². The first-order chi connectivity index (χ1) is 20.5. The zero-order valence-corrected chi connectivity index (χ0v) is 26.7. The van der Waals surface area contributed by atoms with Gasteiger partial charge in [-0.3, -0.25) is 4.68 Å². The molecule has 1 aliphatic heterocycles. The van der Waals surface area contributed by atoms with Gasteiger partial charge in [0.2, 0.25) is 0 Å². The topological polar surface area (TPSA) is 154 Å². The Hall–Kier alpha value is -3.69. The maximum atomic E-state index is 13.9. The number of piperidine rings is 1. The lowest BCUT2D eigenvalue weighted by Crippen LogP contribution is -2.46. The van der Waals surface area contributed by atoms with Crippen molar-refractivity contribution in [2.45, 2.75) is 75.6 Å². The number of sulfone groups is 1. The first kappa shape index (κ1) is 30.8. The molecule has 1 aliphatic rings. The molecule has 0 amide bonds. The summed E-state index contributed by atoms with van der Waals surface area (Å²) < 4.78 is 41.5. The Morgan fingerprint density at radius 3 is 2.60 bits per heavy atom. The van der Waals surface area contributed by atoms with Crippen molar-refractivity contribution in [2.24, 2.45) is 12.3 Å². The second kappa shape index (κ2) is 12.5. The lowest BCUT2D eigenvalue weighted by Gasteiger charge is -2.32. The summed E-state index contributed by atoms with van der Waals surface area (Å²) in [5.41, 5.74) is 2.34. The molecule has 3 aromatic heterocycles. The molecule has 15 heteroatoms. The molecule has 0 radical (unpaired) electrons. The van der Waals surface area contributed by atoms with E-state index >= 15 is 0 Å². The molecule has 4 heterocycles. The van der Waals surface area contributed by atoms with Gasteiger partial charge in [0.05, 0.1) is 39.5 Å². The predicted octanol–water partition coefficient (Wildman–Crippen LogP) is 5.05. The van der Waals surface area contributed by atoms with Gasteiger partial charge in [-0.1, -0.05) is 24.7 Å². The highest BCUT2D eigenvalue weighted by atomic mass is 32.2. The van der Waals surface area contributed by atoms with Crippen LogP contribution in [-0.2, 0) is 23.3 Å². The third-order valence-electron chi connectivity index (χ3n) is 7.37. The molecule has 0 saturated carbocycles. The van der Waals surface area contributed by atoms with Crippen LogP contribution in [0, 0.1) is 4.91 Å². The summed E-state index contributed by atoms with van der Waals surface area (Å²) in [6.07, 6.45) is 4.04. The van der Waals surface area contributed by atoms with Gasteiger partial charge in [-0.15, -0.1) is 4.91 Å². The molecule has 1 unspecified atom stereocenters. The number of thiazole rings is 1. The summed E-state index contributed by atoms with van der Waals surface area (Å²) in [6, 6.07) is 5.04. The van der Waals surface area contributed by atoms with E-state index in [4.69, 9.17) is 19.4 Å². The summed E-state index contributed by atoms with van der Waals surface area (Å²) in [6.45, 7) is 8.29. The average molecular weight is 629 g/mol. The van der Waals surface area contributed by atoms with Crippen molar-refractivity contribution in [3.05, 3.63) is 35.0 Å². The van der Waals surface area contributed by atoms with E-state index in [0.29, 0.717) is 53.2 Å². The Morgan fingerprint density at radius 2 is 1.93 bits per heavy atom. The minimum atomic E-state index is -3.66. The van der Waals surface area contributed by atoms with Crippen LogP contribution in [0.2, 0.25) is 0 Å². The van der Waals surface area contributed by atoms with Gasteiger partial charge in [0.25, 0.3) is 11.1 Å². The maximum Gasteiger partial charge on any atom is 0.282 e. The molecule has 13 nitrogen and oxygen atoms in total. The SMILES string of the molecule is CCCc1nn(C)c2c(Oc3ncc(N(C)N=O)s3)nc(-c3cc(S(=O)(=O)C4C[C@@H](C)N[C@@H](C)C4)ccc3OCC)nc12. The van der Waals surface area contributed by atoms with E-state index in [1.807, 2.05) is 20.8 Å². The number of nitroso groups, excluding NO2 is 1. The predicted molar refractivity (Wildman–Crippen MR) is 166 cm³/mol. The standard InChI is InChI=1S/C28H36N8O5S2/c1-7-9-21-24-25(36(6)33-21)27(41-28-29-15-23(42-28)35(5)34-37)32-26(31-24)20-14-18(10-11-22(20)40-8-2)43(38,39)19-12-16(3)30-17(4)13-19/h10-11,14-17,19,30H,7-9,12-13H2,1-6H3/t16-,17+,19?. The van der Waals surface area contributed by atoms with Crippen molar-refractivity contribution >= 4 is 37.2 Å². The Bertz CT molecular complexity index is 1730. The largest absolute Gasteiger partial charge is 0.493 e. The van der Waals surface area contributed by atoms with Crippen molar-refractivity contribution in [3.63, 3.8) is 0 Å². The lowest BCUT2D eigenvalue weighted by molar-refractivity contribution is 0.341. The first-order valence-corrected chi connectivity index (χ1v) is 16.6. The van der Waals surface area contributed by atoms with Crippen LogP contribution in [0.5, 0.6) is 16.8 Å². The van der Waals surface area contributed by atoms with Crippen molar-refractivity contribution in [1.82, 2.24) is 30.0 Å². The van der Waals surface area contributed by atoms with E-state index < -0.39 is 15.1 Å². The molecule has 1 aromatic carbocycles. The highest BCUT2D eigenvalue weighted by Gasteiger charge is 2.35. The summed E-state index contributed by atoms with van der Waals surface area (Å²) in [4.78, 5) is 25.1. The normalized spacial score (nSPS) is 19.0. The van der Waals surface area contributed by atoms with E-state index in [1.54, 1.807) is 29.9 Å². The summed E-state index contributed by atoms with van der Waals surface area (Å²) in [7, 11) is -0.353. The fourth-order valence-corrected chi connectivity index (χ4v) is 8.15. The fourth-order valence-electron chi connectivity index (χ4n) is 5.47. The first-order valence-electron chi connectivity index (χ1n) is 14.3. The van der Waals surface area contributed by atoms with Crippen LogP contribution in [0.4, 0.5) is 5.00 Å². The second-order valence-corrected chi connectivity index (χ2v) is 13.9. The minimum Gasteiger partial charge on any atom is -0.493 e. The Morgan fingerprint density at radius 1 is 1.19 bits per heavy atom. The number of aromatic nitrogens is 5. The van der Waals surface area contributed by atoms with Crippen LogP contribution >= 0.6 is 11.3 Å². The van der Waals surface area contributed by atoms with Gasteiger partial charge in [-0.25, -0.2) is 23.4 Å². The number of ether oxygens (including phenoxy) is 2. The third-order valence-corrected chi connectivity index (χ3v) is 10.5. The zero-order valence-electron chi connectivity index (χ0n) is 25.1. The molecular weight excluding hydrogens is 592 g/mol. The van der Waals surface area contributed by atoms with E-state index in [-0.39, 0.29) is 33.9 Å². The Kier molecular flexibility index (Phi) is 8.94. The molecular formula is C28H36N8O5S2. The molecule has 4 aromatic rings. The number of hydrogen-bond donors (Lipinski definition) is 1. The molecule has 1 fully saturated rings. The van der Waals surface area contributed by atoms with Gasteiger partial charge >= 0.3 is 0 Å². The van der Waals surface area contributed by atoms with Crippen LogP contribution in [0.3, 0.4) is 0 Å². The van der Waals surface area contributed by atoms with E-state index in [0.717, 1.165) is 28.5 Å². The average Bonchev–Trinajstić information content (AvgIpc) is 3.56. The zero-order chi connectivity index (χ0) is 30.9. The summed E-state index contributed by atoms with van der Waals surface area (Å²) in [5, 5.41) is 12.4. The number of nitrogens with zero attached hydrogens (tertiary/aromatic N) is 7. The molecule has 230 valence electrons. The van der Waals surface area contributed by atoms with Gasteiger partial charge in [-0.2, -0.15) is 10.1 Å². The van der Waals surface area contributed by atoms with Gasteiger partial charge in [-0.05, 0) is 58.2 Å². The van der Waals surface area contributed by atoms with E-state index in [9.17, 15) is 13.3 Å². The van der Waals surface area contributed by atoms with Crippen LogP contribution in [-0.4, -0.2) is 64.1 Å². The fraction of sp³-hybridized carbons (Fsp3) is 0.500. The Labute approximate surface area is 254 Å². The highest BCUT2D eigenvalue weighted by Crippen LogP contribution is 2.39. The van der Waals surface area contributed by atoms with E-state index in [1.165, 1.54) is 13.2 Å². The number of aryl methyl sites for hydroxylation is 2. The molecule has 0 spiro atoms. The molecule has 1 saturated heterocycles. The third kappa shape index (κ3) is 6.19. The molecule has 0 aliphatic carbocycles. The van der Waals surface area contributed by atoms with Crippen molar-refractivity contribution in [1.29, 1.82) is 0 Å². The van der Waals surface area contributed by atoms with Crippen molar-refractivity contribution in [2.75, 3.05) is 18.7 Å². The van der Waals surface area contributed by atoms with Crippen LogP contribution < -0.4 is 19.8 Å². The van der Waals surface area contributed by atoms with E-state index in [2.05, 4.69) is 27.6 Å². The van der Waals surface area contributed by atoms with Crippen molar-refractivity contribution in [3.8, 4) is 28.2 Å². The molecule has 5 rings (SSSR count). The number of anilines is 1. The van der Waals surface area contributed by atoms with Crippen LogP contribution in [0.25, 0.3) is 22.4 Å². The molecule has 43 heavy (non-hydrogen) atoms. The number of fused-ring (bicyclic) bond motifs is 1. The monoisotopic (exact) mass is 628 g/mol. The van der Waals surface area contributed by atoms with Crippen LogP contribution in [0.1, 0.15) is 52.7 Å². The summed E-state index contributed by atoms with van der Waals surface area (Å²) in [5.74, 6) is 0.885. The maximum absolute atomic E-state index is 13.9. The van der Waals surface area contributed by atoms with Gasteiger partial charge in [0.15, 0.2) is 15.7 Å². The quantitative estimate of drug-likeness (QED) is 0.175. The Balaban J connectivity index is 1.66. The summed E-state index contributed by atoms with van der Waals surface area (Å²) >= 11 is 1.13.